The molecule has 0 aliphatic rings. The molecule has 4 nitrogen and oxygen atoms in total. The Hall–Kier alpha value is -2.42. The quantitative estimate of drug-likeness (QED) is 0.468. The van der Waals surface area contributed by atoms with E-state index in [1.165, 1.54) is 6.07 Å². The summed E-state index contributed by atoms with van der Waals surface area (Å²) in [6.07, 6.45) is -4.84. The number of rotatable bonds is 3. The van der Waals surface area contributed by atoms with Crippen LogP contribution in [0.25, 0.3) is 0 Å². The second-order valence-electron chi connectivity index (χ2n) is 4.89. The lowest BCUT2D eigenvalue weighted by molar-refractivity contribution is -0.137. The fourth-order valence-corrected chi connectivity index (χ4v) is 2.65. The van der Waals surface area contributed by atoms with Gasteiger partial charge in [0.2, 0.25) is 0 Å². The van der Waals surface area contributed by atoms with E-state index in [0.717, 1.165) is 13.8 Å². The predicted molar refractivity (Wildman–Crippen MR) is 79.9 cm³/mol. The molecule has 2 N–H and O–H groups in total. The number of benzene rings is 1. The molecule has 0 aliphatic heterocycles. The molecule has 12 heteroatoms. The zero-order valence-corrected chi connectivity index (χ0v) is 13.9. The number of nitriles is 1. The van der Waals surface area contributed by atoms with Crippen molar-refractivity contribution in [1.29, 1.82) is 5.26 Å². The van der Waals surface area contributed by atoms with E-state index >= 15 is 0 Å². The van der Waals surface area contributed by atoms with Crippen LogP contribution in [0.2, 0.25) is 0 Å². The molecule has 0 radical (unpaired) electrons. The fraction of sp³-hybridized carbons (Fsp3) is 0.286. The zero-order chi connectivity index (χ0) is 20.4. The largest absolute Gasteiger partial charge is 0.476 e. The third-order valence-corrected chi connectivity index (χ3v) is 4.26. The molecule has 1 atom stereocenters. The first-order chi connectivity index (χ1) is 11.7. The molecule has 0 aromatic heterocycles. The molecule has 0 saturated heterocycles. The van der Waals surface area contributed by atoms with Gasteiger partial charge in [-0.05, 0) is 31.5 Å². The van der Waals surface area contributed by atoms with Gasteiger partial charge in [0, 0.05) is 0 Å². The number of allylic oxidation sites excluding steroid dienone is 2. The summed E-state index contributed by atoms with van der Waals surface area (Å²) in [5.41, 5.74) is -4.27. The van der Waals surface area contributed by atoms with Crippen LogP contribution in [0, 0.1) is 24.1 Å². The first-order valence-electron chi connectivity index (χ1n) is 6.51. The fourth-order valence-electron chi connectivity index (χ4n) is 1.86. The van der Waals surface area contributed by atoms with Crippen molar-refractivity contribution in [1.82, 2.24) is 0 Å². The molecule has 0 bridgehead atoms. The number of aliphatic imine (C=N–C) groups is 1. The molecule has 1 rings (SSSR count). The van der Waals surface area contributed by atoms with Crippen LogP contribution in [-0.2, 0) is 17.0 Å². The molecular formula is C14H10F7N3OS. The molecule has 26 heavy (non-hydrogen) atoms. The number of alkyl halides is 6. The average Bonchev–Trinajstić information content (AvgIpc) is 2.48. The number of nitrogens with two attached hydrogens (primary N) is 1. The number of hydrogen-bond donors (Lipinski definition) is 1. The van der Waals surface area contributed by atoms with E-state index in [1.54, 1.807) is 0 Å². The lowest BCUT2D eigenvalue weighted by Gasteiger charge is -2.13. The Labute approximate surface area is 145 Å². The van der Waals surface area contributed by atoms with Gasteiger partial charge in [-0.3, -0.25) is 0 Å². The minimum atomic E-state index is -5.28. The maximum absolute atomic E-state index is 14.0. The van der Waals surface area contributed by atoms with Crippen LogP contribution in [-0.4, -0.2) is 15.4 Å². The molecule has 0 saturated carbocycles. The molecule has 0 fully saturated rings. The predicted octanol–water partition coefficient (Wildman–Crippen LogP) is 4.21. The maximum Gasteiger partial charge on any atom is 0.476 e. The molecule has 0 spiro atoms. The molecular weight excluding hydrogens is 391 g/mol. The van der Waals surface area contributed by atoms with Crippen LogP contribution in [0.15, 0.2) is 27.7 Å². The average molecular weight is 401 g/mol. The van der Waals surface area contributed by atoms with Crippen molar-refractivity contribution in [2.24, 2.45) is 10.7 Å². The van der Waals surface area contributed by atoms with Crippen molar-refractivity contribution in [3.05, 3.63) is 39.7 Å². The molecule has 0 amide bonds. The van der Waals surface area contributed by atoms with Crippen LogP contribution in [0.3, 0.4) is 0 Å². The monoisotopic (exact) mass is 401 g/mol. The van der Waals surface area contributed by atoms with Gasteiger partial charge in [0.25, 0.3) is 0 Å². The Kier molecular flexibility index (Phi) is 6.19. The second-order valence-corrected chi connectivity index (χ2v) is 6.30. The van der Waals surface area contributed by atoms with Crippen LogP contribution in [0.4, 0.5) is 36.4 Å². The van der Waals surface area contributed by atoms with Crippen molar-refractivity contribution < 1.29 is 34.9 Å². The summed E-state index contributed by atoms with van der Waals surface area (Å²) < 4.78 is 101. The lowest BCUT2D eigenvalue weighted by atomic mass is 10.1. The van der Waals surface area contributed by atoms with Gasteiger partial charge < -0.3 is 5.73 Å². The number of nitrogens with zero attached hydrogens (tertiary/aromatic N) is 2. The van der Waals surface area contributed by atoms with Crippen LogP contribution >= 0.6 is 0 Å². The highest BCUT2D eigenvalue weighted by Gasteiger charge is 2.41. The summed E-state index contributed by atoms with van der Waals surface area (Å²) in [4.78, 5) is 2.28. The van der Waals surface area contributed by atoms with E-state index < -0.39 is 55.9 Å². The van der Waals surface area contributed by atoms with Crippen LogP contribution in [0.5, 0.6) is 0 Å². The van der Waals surface area contributed by atoms with Crippen molar-refractivity contribution >= 4 is 22.2 Å². The summed E-state index contributed by atoms with van der Waals surface area (Å²) in [5, 5.41) is 8.68. The van der Waals surface area contributed by atoms with E-state index in [0.29, 0.717) is 6.07 Å². The van der Waals surface area contributed by atoms with Gasteiger partial charge in [-0.2, -0.15) is 31.6 Å². The SMILES string of the molecule is CC(=Nc1c(C)cc(C(F)(F)F)cc1F)C(=C(N)C#N)S(=O)C(F)(F)F. The Morgan fingerprint density at radius 3 is 2.15 bits per heavy atom. The van der Waals surface area contributed by atoms with Gasteiger partial charge in [0.05, 0.1) is 11.3 Å². The Morgan fingerprint density at radius 1 is 1.23 bits per heavy atom. The van der Waals surface area contributed by atoms with Crippen molar-refractivity contribution in [3.8, 4) is 6.07 Å². The summed E-state index contributed by atoms with van der Waals surface area (Å²) in [5.74, 6) is -1.45. The topological polar surface area (TPSA) is 79.2 Å². The van der Waals surface area contributed by atoms with Crippen molar-refractivity contribution in [2.75, 3.05) is 0 Å². The Bertz CT molecular complexity index is 825. The molecule has 0 heterocycles. The summed E-state index contributed by atoms with van der Waals surface area (Å²) in [7, 11) is -3.74. The Morgan fingerprint density at radius 2 is 1.77 bits per heavy atom. The summed E-state index contributed by atoms with van der Waals surface area (Å²) in [6.45, 7) is 1.93. The van der Waals surface area contributed by atoms with E-state index in [4.69, 9.17) is 11.0 Å². The maximum atomic E-state index is 14.0. The molecule has 1 unspecified atom stereocenters. The summed E-state index contributed by atoms with van der Waals surface area (Å²) in [6, 6.07) is 1.85. The zero-order valence-electron chi connectivity index (χ0n) is 13.1. The van der Waals surface area contributed by atoms with Crippen LogP contribution < -0.4 is 5.73 Å². The Balaban J connectivity index is 3.57. The molecule has 1 aromatic carbocycles. The highest BCUT2D eigenvalue weighted by atomic mass is 32.2. The number of halogens is 7. The highest BCUT2D eigenvalue weighted by Crippen LogP contribution is 2.35. The summed E-state index contributed by atoms with van der Waals surface area (Å²) >= 11 is 0. The third kappa shape index (κ3) is 4.81. The van der Waals surface area contributed by atoms with Gasteiger partial charge in [0.15, 0.2) is 10.8 Å². The minimum Gasteiger partial charge on any atom is -0.389 e. The molecule has 142 valence electrons. The standard InChI is InChI=1S/C14H10F7N3OS/c1-6-3-8(13(16,17)18)4-9(15)11(6)24-7(2)12(10(23)5-22)26(25)14(19,20)21/h3-4H,23H2,1-2H3. The van der Waals surface area contributed by atoms with Gasteiger partial charge >= 0.3 is 11.7 Å². The van der Waals surface area contributed by atoms with E-state index in [2.05, 4.69) is 4.99 Å². The van der Waals surface area contributed by atoms with E-state index in [-0.39, 0.29) is 11.6 Å². The van der Waals surface area contributed by atoms with Gasteiger partial charge in [0.1, 0.15) is 28.2 Å². The molecule has 0 aliphatic carbocycles. The van der Waals surface area contributed by atoms with Crippen LogP contribution in [0.1, 0.15) is 18.1 Å². The first kappa shape index (κ1) is 21.6. The second kappa shape index (κ2) is 7.45. The number of aryl methyl sites for hydroxylation is 1. The van der Waals surface area contributed by atoms with Gasteiger partial charge in [-0.25, -0.2) is 13.6 Å². The highest BCUT2D eigenvalue weighted by molar-refractivity contribution is 7.91. The third-order valence-electron chi connectivity index (χ3n) is 2.95. The van der Waals surface area contributed by atoms with E-state index in [9.17, 15) is 34.9 Å². The smallest absolute Gasteiger partial charge is 0.389 e. The van der Waals surface area contributed by atoms with Gasteiger partial charge in [-0.15, -0.1) is 0 Å². The normalized spacial score (nSPS) is 15.3. The number of hydrogen-bond acceptors (Lipinski definition) is 4. The molecule has 1 aromatic rings. The van der Waals surface area contributed by atoms with E-state index in [1.807, 2.05) is 0 Å². The minimum absolute atomic E-state index is 0.122. The lowest BCUT2D eigenvalue weighted by Crippen LogP contribution is -2.24. The first-order valence-corrected chi connectivity index (χ1v) is 7.66. The van der Waals surface area contributed by atoms with Crippen molar-refractivity contribution in [2.45, 2.75) is 25.5 Å². The van der Waals surface area contributed by atoms with Crippen molar-refractivity contribution in [3.63, 3.8) is 0 Å². The van der Waals surface area contributed by atoms with Gasteiger partial charge in [-0.1, -0.05) is 0 Å².